The van der Waals surface area contributed by atoms with E-state index < -0.39 is 0 Å². The second-order valence-electron chi connectivity index (χ2n) is 9.30. The first kappa shape index (κ1) is 20.2. The Morgan fingerprint density at radius 2 is 1.77 bits per heavy atom. The van der Waals surface area contributed by atoms with E-state index in [1.165, 1.54) is 19.3 Å². The molecule has 5 rings (SSSR count). The summed E-state index contributed by atoms with van der Waals surface area (Å²) >= 11 is 0. The van der Waals surface area contributed by atoms with Gasteiger partial charge in [-0.2, -0.15) is 0 Å². The van der Waals surface area contributed by atoms with Crippen LogP contribution in [0.5, 0.6) is 5.75 Å². The molecule has 1 N–H and O–H groups in total. The summed E-state index contributed by atoms with van der Waals surface area (Å²) in [6.07, 6.45) is 6.95. The molecule has 6 heteroatoms. The molecular weight excluding hydrogens is 390 g/mol. The van der Waals surface area contributed by atoms with Gasteiger partial charge in [0.05, 0.1) is 7.11 Å². The average Bonchev–Trinajstić information content (AvgIpc) is 2.80. The van der Waals surface area contributed by atoms with Crippen LogP contribution in [0, 0.1) is 5.92 Å². The van der Waals surface area contributed by atoms with E-state index in [0.29, 0.717) is 25.0 Å². The maximum atomic E-state index is 13.3. The maximum absolute atomic E-state index is 13.3. The molecule has 0 spiro atoms. The minimum Gasteiger partial charge on any atom is -0.497 e. The van der Waals surface area contributed by atoms with Gasteiger partial charge in [0.15, 0.2) is 0 Å². The quantitative estimate of drug-likeness (QED) is 0.815. The van der Waals surface area contributed by atoms with Crippen LogP contribution in [0.3, 0.4) is 0 Å². The SMILES string of the molecule is COc1ccc(-c2ccc3n(c2=O)CC2CC3CN(C(=O)NC3CCCCC3)C2)cc1. The minimum absolute atomic E-state index is 0.0671. The van der Waals surface area contributed by atoms with E-state index in [1.54, 1.807) is 7.11 Å². The zero-order valence-electron chi connectivity index (χ0n) is 18.2. The Hall–Kier alpha value is -2.76. The number of piperidine rings is 1. The van der Waals surface area contributed by atoms with Crippen LogP contribution in [0.4, 0.5) is 4.79 Å². The number of urea groups is 1. The number of ether oxygens (including phenoxy) is 1. The molecule has 2 fully saturated rings. The van der Waals surface area contributed by atoms with Crippen molar-refractivity contribution in [3.05, 3.63) is 52.4 Å². The number of nitrogens with one attached hydrogen (secondary N) is 1. The zero-order valence-corrected chi connectivity index (χ0v) is 18.2. The van der Waals surface area contributed by atoms with E-state index in [1.807, 2.05) is 39.8 Å². The van der Waals surface area contributed by atoms with Crippen LogP contribution in [-0.4, -0.2) is 41.7 Å². The molecule has 1 aromatic carbocycles. The Labute approximate surface area is 183 Å². The lowest BCUT2D eigenvalue weighted by Gasteiger charge is -2.43. The lowest BCUT2D eigenvalue weighted by molar-refractivity contribution is 0.127. The number of nitrogens with zero attached hydrogens (tertiary/aromatic N) is 2. The summed E-state index contributed by atoms with van der Waals surface area (Å²) in [4.78, 5) is 28.2. The predicted molar refractivity (Wildman–Crippen MR) is 121 cm³/mol. The second kappa shape index (κ2) is 8.40. The summed E-state index contributed by atoms with van der Waals surface area (Å²) < 4.78 is 7.19. The van der Waals surface area contributed by atoms with Gasteiger partial charge in [-0.3, -0.25) is 4.79 Å². The summed E-state index contributed by atoms with van der Waals surface area (Å²) in [5.41, 5.74) is 2.76. The van der Waals surface area contributed by atoms with Gasteiger partial charge in [-0.15, -0.1) is 0 Å². The normalized spacial score (nSPS) is 23.2. The molecule has 0 radical (unpaired) electrons. The molecule has 164 valence electrons. The fraction of sp³-hybridized carbons (Fsp3) is 0.520. The smallest absolute Gasteiger partial charge is 0.317 e. The maximum Gasteiger partial charge on any atom is 0.317 e. The van der Waals surface area contributed by atoms with Crippen molar-refractivity contribution in [3.63, 3.8) is 0 Å². The van der Waals surface area contributed by atoms with Crippen LogP contribution < -0.4 is 15.6 Å². The lowest BCUT2D eigenvalue weighted by Crippen LogP contribution is -2.53. The molecule has 1 saturated heterocycles. The minimum atomic E-state index is 0.0671. The fourth-order valence-electron chi connectivity index (χ4n) is 5.61. The molecule has 2 aromatic rings. The number of rotatable bonds is 3. The van der Waals surface area contributed by atoms with Crippen LogP contribution in [0.1, 0.15) is 50.1 Å². The molecule has 31 heavy (non-hydrogen) atoms. The number of likely N-dealkylation sites (tertiary alicyclic amines) is 1. The first-order valence-electron chi connectivity index (χ1n) is 11.6. The summed E-state index contributed by atoms with van der Waals surface area (Å²) in [6, 6.07) is 12.1. The van der Waals surface area contributed by atoms with Gasteiger partial charge in [0.2, 0.25) is 0 Å². The van der Waals surface area contributed by atoms with Crippen molar-refractivity contribution in [2.75, 3.05) is 20.2 Å². The highest BCUT2D eigenvalue weighted by Crippen LogP contribution is 2.36. The van der Waals surface area contributed by atoms with Crippen molar-refractivity contribution >= 4 is 6.03 Å². The number of methoxy groups -OCH3 is 1. The molecule has 1 aliphatic carbocycles. The van der Waals surface area contributed by atoms with Crippen molar-refractivity contribution in [3.8, 4) is 16.9 Å². The van der Waals surface area contributed by atoms with Crippen LogP contribution in [0.2, 0.25) is 0 Å². The van der Waals surface area contributed by atoms with Gasteiger partial charge in [-0.05, 0) is 55.0 Å². The van der Waals surface area contributed by atoms with E-state index in [9.17, 15) is 9.59 Å². The van der Waals surface area contributed by atoms with E-state index in [0.717, 1.165) is 48.4 Å². The van der Waals surface area contributed by atoms with E-state index in [-0.39, 0.29) is 17.5 Å². The molecule has 2 atom stereocenters. The van der Waals surface area contributed by atoms with Crippen molar-refractivity contribution in [2.24, 2.45) is 5.92 Å². The third-order valence-corrected chi connectivity index (χ3v) is 7.23. The van der Waals surface area contributed by atoms with Gasteiger partial charge in [0.1, 0.15) is 5.75 Å². The summed E-state index contributed by atoms with van der Waals surface area (Å²) in [5.74, 6) is 1.33. The Balaban J connectivity index is 1.35. The van der Waals surface area contributed by atoms with Crippen molar-refractivity contribution in [1.29, 1.82) is 0 Å². The number of carbonyl (C=O) groups excluding carboxylic acids is 1. The molecule has 1 aromatic heterocycles. The lowest BCUT2D eigenvalue weighted by atomic mass is 9.83. The average molecular weight is 422 g/mol. The van der Waals surface area contributed by atoms with Crippen molar-refractivity contribution in [2.45, 2.75) is 57.0 Å². The monoisotopic (exact) mass is 421 g/mol. The Morgan fingerprint density at radius 1 is 1.00 bits per heavy atom. The molecule has 3 aliphatic rings. The van der Waals surface area contributed by atoms with Crippen LogP contribution in [0.25, 0.3) is 11.1 Å². The van der Waals surface area contributed by atoms with Gasteiger partial charge in [0.25, 0.3) is 5.56 Å². The highest BCUT2D eigenvalue weighted by Gasteiger charge is 2.37. The molecule has 1 saturated carbocycles. The van der Waals surface area contributed by atoms with Gasteiger partial charge in [0, 0.05) is 42.9 Å². The Bertz CT molecular complexity index is 1010. The number of amides is 2. The molecule has 3 heterocycles. The number of aromatic nitrogens is 1. The number of hydrogen-bond donors (Lipinski definition) is 1. The molecule has 2 bridgehead atoms. The Kier molecular flexibility index (Phi) is 5.47. The number of pyridine rings is 1. The Morgan fingerprint density at radius 3 is 2.52 bits per heavy atom. The third kappa shape index (κ3) is 3.95. The van der Waals surface area contributed by atoms with Crippen molar-refractivity contribution < 1.29 is 9.53 Å². The number of benzene rings is 1. The topological polar surface area (TPSA) is 63.6 Å². The van der Waals surface area contributed by atoms with E-state index in [2.05, 4.69) is 11.4 Å². The first-order chi connectivity index (χ1) is 15.1. The molecule has 2 amide bonds. The van der Waals surface area contributed by atoms with E-state index >= 15 is 0 Å². The molecular formula is C25H31N3O3. The predicted octanol–water partition coefficient (Wildman–Crippen LogP) is 3.99. The van der Waals surface area contributed by atoms with Gasteiger partial charge in [-0.1, -0.05) is 31.4 Å². The van der Waals surface area contributed by atoms with Gasteiger partial charge in [-0.25, -0.2) is 4.79 Å². The number of fused-ring (bicyclic) bond motifs is 4. The van der Waals surface area contributed by atoms with Crippen LogP contribution >= 0.6 is 0 Å². The van der Waals surface area contributed by atoms with Crippen LogP contribution in [0.15, 0.2) is 41.2 Å². The first-order valence-corrected chi connectivity index (χ1v) is 11.6. The van der Waals surface area contributed by atoms with E-state index in [4.69, 9.17) is 4.74 Å². The summed E-state index contributed by atoms with van der Waals surface area (Å²) in [6.45, 7) is 2.10. The fourth-order valence-corrected chi connectivity index (χ4v) is 5.61. The zero-order chi connectivity index (χ0) is 21.4. The highest BCUT2D eigenvalue weighted by atomic mass is 16.5. The largest absolute Gasteiger partial charge is 0.497 e. The van der Waals surface area contributed by atoms with Gasteiger partial charge < -0.3 is 19.5 Å². The summed E-state index contributed by atoms with van der Waals surface area (Å²) in [7, 11) is 1.64. The van der Waals surface area contributed by atoms with Crippen molar-refractivity contribution in [1.82, 2.24) is 14.8 Å². The summed E-state index contributed by atoms with van der Waals surface area (Å²) in [5, 5.41) is 3.26. The highest BCUT2D eigenvalue weighted by molar-refractivity contribution is 5.75. The molecule has 6 nitrogen and oxygen atoms in total. The second-order valence-corrected chi connectivity index (χ2v) is 9.30. The standard InChI is InChI=1S/C25H31N3O3/c1-31-21-9-7-18(8-10-21)22-11-12-23-19-13-17(15-28(23)24(22)29)14-27(16-19)25(30)26-20-5-3-2-4-6-20/h7-12,17,19-20H,2-6,13-16H2,1H3,(H,26,30). The number of carbonyl (C=O) groups is 1. The third-order valence-electron chi connectivity index (χ3n) is 7.23. The number of hydrogen-bond acceptors (Lipinski definition) is 3. The van der Waals surface area contributed by atoms with Gasteiger partial charge >= 0.3 is 6.03 Å². The molecule has 2 unspecified atom stereocenters. The van der Waals surface area contributed by atoms with Crippen LogP contribution in [-0.2, 0) is 6.54 Å². The molecule has 2 aliphatic heterocycles.